The molecule has 3 atom stereocenters. The van der Waals surface area contributed by atoms with E-state index in [2.05, 4.69) is 63.0 Å². The van der Waals surface area contributed by atoms with E-state index in [0.717, 1.165) is 72.0 Å². The molecule has 10 rings (SSSR count). The number of fused-ring (bicyclic) bond motifs is 4. The van der Waals surface area contributed by atoms with E-state index in [1.165, 1.54) is 34.0 Å². The van der Waals surface area contributed by atoms with Crippen LogP contribution in [-0.2, 0) is 80.4 Å². The summed E-state index contributed by atoms with van der Waals surface area (Å²) in [4.78, 5) is 83.1. The summed E-state index contributed by atoms with van der Waals surface area (Å²) < 4.78 is 14.9. The molecule has 21 nitrogen and oxygen atoms in total. The number of carboxylic acid groups (broad SMARTS) is 1. The number of phenolic OH excluding ortho intramolecular Hbond substituents is 2. The molecule has 89 heavy (non-hydrogen) atoms. The van der Waals surface area contributed by atoms with Gasteiger partial charge in [-0.3, -0.25) is 43.0 Å². The first-order chi connectivity index (χ1) is 43.1. The third-order valence-electron chi connectivity index (χ3n) is 17.9. The summed E-state index contributed by atoms with van der Waals surface area (Å²) in [6, 6.07) is 20.0. The lowest BCUT2D eigenvalue weighted by Crippen LogP contribution is -2.44. The molecule has 3 amide bonds. The number of nitrogens with one attached hydrogen (secondary N) is 1. The lowest BCUT2D eigenvalue weighted by molar-refractivity contribution is -0.137. The fourth-order valence-electron chi connectivity index (χ4n) is 13.1. The number of hydrogen-bond donors (Lipinski definition) is 4. The number of phenols is 2. The van der Waals surface area contributed by atoms with Crippen molar-refractivity contribution >= 4 is 47.4 Å². The Balaban J connectivity index is 0.624. The van der Waals surface area contributed by atoms with Crippen LogP contribution in [0.3, 0.4) is 0 Å². The molecule has 0 saturated carbocycles. The van der Waals surface area contributed by atoms with E-state index < -0.39 is 17.9 Å². The zero-order valence-electron chi connectivity index (χ0n) is 51.3. The Kier molecular flexibility index (Phi) is 21.5. The lowest BCUT2D eigenvalue weighted by Gasteiger charge is -2.39. The summed E-state index contributed by atoms with van der Waals surface area (Å²) in [5.74, 6) is -0.0632. The minimum atomic E-state index is -0.890. The standard InChI is InChI=1S/C67H82N10O11S/c1-4-57(80)74(33-29-68-56(79)17-7-13-48-41-76(71-69-48)30-9-19-60(84)87-55-26-24-47-40-53-63-45(27-32-73(53)3)12-6-16-51(63)64(47)66(55)86)34-35-75(36-38-89-37-28-59(82)83)58(81)18-8-14-49-42-77(72-70-49)31-10-20-61(85)88-67-54(78)25-23-46-39-52-43(2)21-22-44-11-5-15-50(62(44)52)65(46)67/h5-6,11-12,15-16,23-26,41-43,52-53,78,86H,4,7-10,13-14,17-22,27-40H2,1-3H3,(H,68,79)(H,82,83)/t43?,52-,53+/m0/s1. The van der Waals surface area contributed by atoms with Gasteiger partial charge in [0.1, 0.15) is 0 Å². The Hall–Kier alpha value is -8.11. The highest BCUT2D eigenvalue weighted by atomic mass is 32.2. The Labute approximate surface area is 523 Å². The molecule has 4 N–H and O–H groups in total. The molecular formula is C67H82N10O11S. The van der Waals surface area contributed by atoms with Gasteiger partial charge in [0.25, 0.3) is 0 Å². The lowest BCUT2D eigenvalue weighted by atomic mass is 9.67. The fourth-order valence-corrected chi connectivity index (χ4v) is 14.0. The van der Waals surface area contributed by atoms with Crippen molar-refractivity contribution in [3.8, 4) is 45.3 Å². The molecule has 4 aliphatic rings. The van der Waals surface area contributed by atoms with Gasteiger partial charge in [0.2, 0.25) is 17.7 Å². The van der Waals surface area contributed by atoms with Crippen LogP contribution in [0.1, 0.15) is 141 Å². The minimum absolute atomic E-state index is 0.00798. The number of esters is 2. The molecule has 3 aliphatic carbocycles. The summed E-state index contributed by atoms with van der Waals surface area (Å²) in [7, 11) is 2.14. The highest BCUT2D eigenvalue weighted by molar-refractivity contribution is 7.99. The zero-order valence-corrected chi connectivity index (χ0v) is 52.1. The summed E-state index contributed by atoms with van der Waals surface area (Å²) in [6.45, 7) is 7.24. The van der Waals surface area contributed by atoms with Crippen molar-refractivity contribution in [3.63, 3.8) is 0 Å². The number of likely N-dealkylation sites (N-methyl/N-ethyl adjacent to an activating group) is 1. The molecule has 1 unspecified atom stereocenters. The van der Waals surface area contributed by atoms with E-state index >= 15 is 0 Å². The number of nitrogens with zero attached hydrogens (tertiary/aromatic N) is 9. The Bertz CT molecular complexity index is 3550. The van der Waals surface area contributed by atoms with E-state index in [9.17, 15) is 39.0 Å². The molecule has 472 valence electrons. The maximum absolute atomic E-state index is 13.8. The third kappa shape index (κ3) is 15.8. The molecule has 0 spiro atoms. The van der Waals surface area contributed by atoms with Gasteiger partial charge in [0.15, 0.2) is 23.0 Å². The second kappa shape index (κ2) is 29.9. The van der Waals surface area contributed by atoms with Crippen molar-refractivity contribution in [2.24, 2.45) is 5.92 Å². The molecule has 6 aromatic rings. The first-order valence-electron chi connectivity index (χ1n) is 31.6. The van der Waals surface area contributed by atoms with Gasteiger partial charge < -0.3 is 39.9 Å². The van der Waals surface area contributed by atoms with Crippen LogP contribution in [-0.4, -0.2) is 153 Å². The topological polar surface area (TPSA) is 265 Å². The zero-order chi connectivity index (χ0) is 62.6. The van der Waals surface area contributed by atoms with Crippen LogP contribution in [0.4, 0.5) is 0 Å². The number of amides is 3. The average molecular weight is 1240 g/mol. The fraction of sp³-hybridized carbons (Fsp3) is 0.493. The molecular weight excluding hydrogens is 1150 g/mol. The number of rotatable bonds is 31. The van der Waals surface area contributed by atoms with Gasteiger partial charge in [-0.25, -0.2) is 0 Å². The van der Waals surface area contributed by atoms with E-state index in [-0.39, 0.29) is 111 Å². The number of carbonyl (C=O) groups excluding carboxylic acids is 5. The van der Waals surface area contributed by atoms with Gasteiger partial charge in [0.05, 0.1) is 17.8 Å². The van der Waals surface area contributed by atoms with Crippen molar-refractivity contribution < 1.29 is 53.6 Å². The van der Waals surface area contributed by atoms with Gasteiger partial charge >= 0.3 is 17.9 Å². The number of aryl methyl sites for hydroxylation is 5. The van der Waals surface area contributed by atoms with Crippen molar-refractivity contribution in [2.45, 2.75) is 148 Å². The van der Waals surface area contributed by atoms with Crippen LogP contribution >= 0.6 is 11.8 Å². The number of aliphatic carboxylic acids is 1. The number of thioether (sulfide) groups is 1. The number of aromatic hydroxyl groups is 2. The summed E-state index contributed by atoms with van der Waals surface area (Å²) >= 11 is 1.45. The van der Waals surface area contributed by atoms with E-state index in [1.807, 2.05) is 30.3 Å². The molecule has 2 aromatic heterocycles. The SMILES string of the molecule is CCC(=O)N(CCNC(=O)CCCc1cn(CCCC(=O)Oc2ccc3c(c2O)-c2cccc4c2[C@@H](C3)N(C)CC4)nn1)CCN(CCSCCC(=O)O)C(=O)CCCc1cn(CCCC(=O)Oc2c(O)ccc3c2-c2cccc4c2[C@@H](C3)C(C)CC4)nn1. The second-order valence-corrected chi connectivity index (χ2v) is 25.2. The molecule has 4 aromatic carbocycles. The number of aromatic nitrogens is 6. The molecule has 0 radical (unpaired) electrons. The largest absolute Gasteiger partial charge is 0.504 e. The van der Waals surface area contributed by atoms with Crippen LogP contribution < -0.4 is 14.8 Å². The van der Waals surface area contributed by atoms with Crippen molar-refractivity contribution in [1.29, 1.82) is 0 Å². The van der Waals surface area contributed by atoms with Gasteiger partial charge in [-0.1, -0.05) is 72.8 Å². The van der Waals surface area contributed by atoms with Crippen molar-refractivity contribution in [1.82, 2.24) is 50.0 Å². The number of ether oxygens (including phenoxy) is 2. The van der Waals surface area contributed by atoms with Crippen molar-refractivity contribution in [2.75, 3.05) is 57.8 Å². The molecule has 0 saturated heterocycles. The van der Waals surface area contributed by atoms with Crippen LogP contribution in [0.15, 0.2) is 73.1 Å². The number of hydrogen-bond acceptors (Lipinski definition) is 16. The molecule has 3 heterocycles. The number of carbonyl (C=O) groups is 6. The Morgan fingerprint density at radius 3 is 2.01 bits per heavy atom. The van der Waals surface area contributed by atoms with E-state index in [1.54, 1.807) is 50.6 Å². The first-order valence-corrected chi connectivity index (χ1v) is 32.7. The quantitative estimate of drug-likeness (QED) is 0.0181. The maximum Gasteiger partial charge on any atom is 0.311 e. The highest BCUT2D eigenvalue weighted by Gasteiger charge is 2.37. The maximum atomic E-state index is 13.8. The highest BCUT2D eigenvalue weighted by Crippen LogP contribution is 2.53. The smallest absolute Gasteiger partial charge is 0.311 e. The molecule has 0 fully saturated rings. The van der Waals surface area contributed by atoms with Crippen LogP contribution in [0.2, 0.25) is 0 Å². The molecule has 22 heteroatoms. The first kappa shape index (κ1) is 63.9. The van der Waals surface area contributed by atoms with Gasteiger partial charge in [-0.15, -0.1) is 10.2 Å². The van der Waals surface area contributed by atoms with Gasteiger partial charge in [0, 0.05) is 126 Å². The number of carboxylic acids is 1. The monoisotopic (exact) mass is 1230 g/mol. The van der Waals surface area contributed by atoms with Crippen molar-refractivity contribution in [3.05, 3.63) is 118 Å². The predicted octanol–water partition coefficient (Wildman–Crippen LogP) is 8.43. The predicted molar refractivity (Wildman–Crippen MR) is 335 cm³/mol. The van der Waals surface area contributed by atoms with Crippen LogP contribution in [0, 0.1) is 5.92 Å². The molecule has 1 aliphatic heterocycles. The normalized spacial score (nSPS) is 16.1. The second-order valence-electron chi connectivity index (χ2n) is 24.0. The van der Waals surface area contributed by atoms with Gasteiger partial charge in [-0.05, 0) is 146 Å². The Morgan fingerprint density at radius 2 is 1.31 bits per heavy atom. The van der Waals surface area contributed by atoms with Gasteiger partial charge in [-0.2, -0.15) is 11.8 Å². The minimum Gasteiger partial charge on any atom is -0.504 e. The number of benzene rings is 4. The summed E-state index contributed by atoms with van der Waals surface area (Å²) in [5, 5.41) is 51.5. The Morgan fingerprint density at radius 1 is 0.674 bits per heavy atom. The third-order valence-corrected chi connectivity index (χ3v) is 18.9. The average Bonchev–Trinajstić information content (AvgIpc) is 1.85. The molecule has 0 bridgehead atoms. The van der Waals surface area contributed by atoms with E-state index in [4.69, 9.17) is 14.6 Å². The summed E-state index contributed by atoms with van der Waals surface area (Å²) in [6.07, 6.45) is 12.1. The van der Waals surface area contributed by atoms with E-state index in [0.29, 0.717) is 92.9 Å². The van der Waals surface area contributed by atoms with Crippen LogP contribution in [0.25, 0.3) is 22.3 Å². The van der Waals surface area contributed by atoms with Crippen LogP contribution in [0.5, 0.6) is 23.0 Å². The summed E-state index contributed by atoms with van der Waals surface area (Å²) in [5.41, 5.74) is 12.2.